The van der Waals surface area contributed by atoms with E-state index >= 15 is 0 Å². The molecular formula is C47H34N4OPt. The van der Waals surface area contributed by atoms with Gasteiger partial charge in [-0.2, -0.15) is 17.2 Å². The minimum absolute atomic E-state index is 0. The van der Waals surface area contributed by atoms with Crippen molar-refractivity contribution in [1.29, 1.82) is 0 Å². The van der Waals surface area contributed by atoms with Gasteiger partial charge >= 0.3 is 21.1 Å². The third-order valence-corrected chi connectivity index (χ3v) is 9.60. The van der Waals surface area contributed by atoms with Crippen LogP contribution in [0.2, 0.25) is 0 Å². The molecule has 6 heteroatoms. The number of aromatic nitrogens is 4. The Bertz CT molecular complexity index is 2730. The van der Waals surface area contributed by atoms with Gasteiger partial charge < -0.3 is 9.30 Å². The first-order chi connectivity index (χ1) is 25.5. The van der Waals surface area contributed by atoms with Crippen molar-refractivity contribution in [3.8, 4) is 56.6 Å². The molecule has 0 spiro atoms. The number of nitrogens with zero attached hydrogens (tertiary/aromatic N) is 4. The molecule has 3 aromatic heterocycles. The molecule has 0 aliphatic carbocycles. The molecule has 0 aliphatic rings. The zero-order chi connectivity index (χ0) is 35.2. The van der Waals surface area contributed by atoms with Crippen LogP contribution in [0, 0.1) is 32.9 Å². The molecule has 5 nitrogen and oxygen atoms in total. The van der Waals surface area contributed by atoms with Crippen LogP contribution in [0.1, 0.15) is 16.7 Å². The molecule has 6 aromatic carbocycles. The normalized spacial score (nSPS) is 11.2. The van der Waals surface area contributed by atoms with Gasteiger partial charge in [0.05, 0.1) is 5.69 Å². The molecule has 0 fully saturated rings. The van der Waals surface area contributed by atoms with Crippen molar-refractivity contribution >= 4 is 21.8 Å². The summed E-state index contributed by atoms with van der Waals surface area (Å²) in [4.78, 5) is 4.72. The van der Waals surface area contributed by atoms with E-state index in [1.807, 2.05) is 53.3 Å². The quantitative estimate of drug-likeness (QED) is 0.150. The van der Waals surface area contributed by atoms with E-state index in [1.54, 1.807) is 0 Å². The summed E-state index contributed by atoms with van der Waals surface area (Å²) >= 11 is 0. The van der Waals surface area contributed by atoms with Crippen molar-refractivity contribution in [1.82, 2.24) is 19.3 Å². The molecule has 3 heterocycles. The summed E-state index contributed by atoms with van der Waals surface area (Å²) in [6, 6.07) is 57.0. The van der Waals surface area contributed by atoms with E-state index in [0.717, 1.165) is 67.0 Å². The van der Waals surface area contributed by atoms with Crippen LogP contribution in [-0.2, 0) is 21.1 Å². The molecule has 0 bridgehead atoms. The van der Waals surface area contributed by atoms with Gasteiger partial charge in [-0.15, -0.1) is 35.7 Å². The summed E-state index contributed by atoms with van der Waals surface area (Å²) in [5.41, 5.74) is 12.5. The van der Waals surface area contributed by atoms with E-state index in [9.17, 15) is 0 Å². The number of benzene rings is 6. The Kier molecular flexibility index (Phi) is 9.12. The fourth-order valence-electron chi connectivity index (χ4n) is 7.25. The van der Waals surface area contributed by atoms with Gasteiger partial charge in [-0.1, -0.05) is 103 Å². The maximum absolute atomic E-state index is 6.56. The smallest absolute Gasteiger partial charge is 0.509 e. The molecule has 53 heavy (non-hydrogen) atoms. The molecule has 0 radical (unpaired) electrons. The van der Waals surface area contributed by atoms with Gasteiger partial charge in [0, 0.05) is 39.9 Å². The molecule has 0 unspecified atom stereocenters. The van der Waals surface area contributed by atoms with Crippen molar-refractivity contribution in [2.75, 3.05) is 0 Å². The Balaban J connectivity index is 0.00000400. The molecule has 0 saturated heterocycles. The fourth-order valence-corrected chi connectivity index (χ4v) is 7.25. The maximum atomic E-state index is 6.56. The molecule has 0 atom stereocenters. The topological polar surface area (TPSA) is 44.9 Å². The van der Waals surface area contributed by atoms with Crippen molar-refractivity contribution in [2.24, 2.45) is 0 Å². The largest absolute Gasteiger partial charge is 2.00 e. The zero-order valence-electron chi connectivity index (χ0n) is 29.4. The van der Waals surface area contributed by atoms with E-state index in [2.05, 4.69) is 141 Å². The second-order valence-electron chi connectivity index (χ2n) is 13.1. The number of ether oxygens (including phenoxy) is 1. The van der Waals surface area contributed by atoms with Gasteiger partial charge in [0.2, 0.25) is 0 Å². The van der Waals surface area contributed by atoms with E-state index in [4.69, 9.17) is 14.8 Å². The monoisotopic (exact) mass is 865 g/mol. The van der Waals surface area contributed by atoms with Crippen LogP contribution in [0.3, 0.4) is 0 Å². The zero-order valence-corrected chi connectivity index (χ0v) is 31.7. The average molecular weight is 866 g/mol. The summed E-state index contributed by atoms with van der Waals surface area (Å²) in [7, 11) is 0. The van der Waals surface area contributed by atoms with Gasteiger partial charge in [-0.05, 0) is 72.3 Å². The number of hydrogen-bond donors (Lipinski definition) is 0. The summed E-state index contributed by atoms with van der Waals surface area (Å²) < 4.78 is 10.7. The summed E-state index contributed by atoms with van der Waals surface area (Å²) in [6.07, 6.45) is 1.85. The van der Waals surface area contributed by atoms with Crippen LogP contribution in [-0.4, -0.2) is 19.3 Å². The maximum Gasteiger partial charge on any atom is 2.00 e. The number of para-hydroxylation sites is 1. The molecule has 0 N–H and O–H groups in total. The fraction of sp³-hybridized carbons (Fsp3) is 0.0638. The summed E-state index contributed by atoms with van der Waals surface area (Å²) in [5, 5.41) is 7.58. The van der Waals surface area contributed by atoms with Crippen LogP contribution in [0.4, 0.5) is 0 Å². The van der Waals surface area contributed by atoms with Crippen LogP contribution in [0.25, 0.3) is 67.0 Å². The van der Waals surface area contributed by atoms with Gasteiger partial charge in [0.25, 0.3) is 0 Å². The summed E-state index contributed by atoms with van der Waals surface area (Å²) in [6.45, 7) is 6.42. The standard InChI is InChI=1S/C47H34N4O.Pt/c1-31-26-27-48-43(28-31)50-41-23-11-10-22-39(41)40-25-24-38(30-42(40)50)52-37-21-13-20-36(29-37)51-47(35-18-8-5-9-19-35)45(44-32(2)14-12-15-33(44)3)46(49-51)34-16-6-4-7-17-34;/h4-28H,1-3H3;/q-2;+2. The third kappa shape index (κ3) is 6.17. The SMILES string of the molecule is Cc1ccnc(-n2c3[c-]c(Oc4[c-]c(-n5nc(-c6ccccc6)c(-c6c(C)cccc6C)c5-c5ccccc5)ccc4)ccc3c3ccccc32)c1.[Pt+2]. The van der Waals surface area contributed by atoms with E-state index < -0.39 is 0 Å². The van der Waals surface area contributed by atoms with E-state index in [1.165, 1.54) is 16.7 Å². The molecule has 9 aromatic rings. The van der Waals surface area contributed by atoms with E-state index in [0.29, 0.717) is 11.5 Å². The predicted octanol–water partition coefficient (Wildman–Crippen LogP) is 11.7. The number of rotatable bonds is 7. The molecule has 0 amide bonds. The van der Waals surface area contributed by atoms with E-state index in [-0.39, 0.29) is 21.1 Å². The molecular weight excluding hydrogens is 832 g/mol. The first-order valence-electron chi connectivity index (χ1n) is 17.4. The van der Waals surface area contributed by atoms with Gasteiger partial charge in [0.1, 0.15) is 11.5 Å². The Hall–Kier alpha value is -6.03. The second-order valence-corrected chi connectivity index (χ2v) is 13.1. The van der Waals surface area contributed by atoms with Crippen molar-refractivity contribution in [3.63, 3.8) is 0 Å². The Morgan fingerprint density at radius 1 is 0.585 bits per heavy atom. The number of fused-ring (bicyclic) bond motifs is 3. The van der Waals surface area contributed by atoms with Crippen molar-refractivity contribution < 1.29 is 25.8 Å². The molecule has 0 saturated carbocycles. The van der Waals surface area contributed by atoms with Gasteiger partial charge in [0.15, 0.2) is 0 Å². The molecule has 9 rings (SSSR count). The third-order valence-electron chi connectivity index (χ3n) is 9.60. The Morgan fingerprint density at radius 3 is 2.02 bits per heavy atom. The molecule has 258 valence electrons. The number of pyridine rings is 1. The average Bonchev–Trinajstić information content (AvgIpc) is 3.72. The summed E-state index contributed by atoms with van der Waals surface area (Å²) in [5.74, 6) is 1.99. The van der Waals surface area contributed by atoms with Crippen LogP contribution < -0.4 is 4.74 Å². The van der Waals surface area contributed by atoms with Crippen LogP contribution >= 0.6 is 0 Å². The molecule has 0 aliphatic heterocycles. The van der Waals surface area contributed by atoms with Crippen LogP contribution in [0.15, 0.2) is 152 Å². The van der Waals surface area contributed by atoms with Crippen molar-refractivity contribution in [3.05, 3.63) is 181 Å². The number of hydrogen-bond acceptors (Lipinski definition) is 3. The van der Waals surface area contributed by atoms with Crippen molar-refractivity contribution in [2.45, 2.75) is 20.8 Å². The van der Waals surface area contributed by atoms with Crippen LogP contribution in [0.5, 0.6) is 11.5 Å². The predicted molar refractivity (Wildman–Crippen MR) is 210 cm³/mol. The minimum Gasteiger partial charge on any atom is -0.509 e. The Morgan fingerprint density at radius 2 is 1.26 bits per heavy atom. The van der Waals surface area contributed by atoms with Gasteiger partial charge in [-0.3, -0.25) is 4.68 Å². The van der Waals surface area contributed by atoms with Gasteiger partial charge in [-0.25, -0.2) is 4.98 Å². The minimum atomic E-state index is 0. The first-order valence-corrected chi connectivity index (χ1v) is 17.4. The first kappa shape index (κ1) is 34.1. The second kappa shape index (κ2) is 14.2. The number of aryl methyl sites for hydroxylation is 3. The Labute approximate surface area is 323 Å².